The first-order valence-electron chi connectivity index (χ1n) is 20.2. The number of nitrogens with zero attached hydrogens (tertiary/aromatic N) is 5. The summed E-state index contributed by atoms with van der Waals surface area (Å²) in [6.07, 6.45) is 2.54. The van der Waals surface area contributed by atoms with E-state index in [1.165, 1.54) is 5.19 Å². The third-order valence-electron chi connectivity index (χ3n) is 12.5. The Balaban J connectivity index is 1.20. The molecule has 1 N–H and O–H groups in total. The minimum atomic E-state index is -2.46. The summed E-state index contributed by atoms with van der Waals surface area (Å²) in [7, 11) is -0.787. The molecule has 1 fully saturated rings. The fourth-order valence-corrected chi connectivity index (χ4v) is 13.7. The van der Waals surface area contributed by atoms with Crippen molar-refractivity contribution >= 4 is 42.1 Å². The molecule has 300 valence electrons. The van der Waals surface area contributed by atoms with Gasteiger partial charge in [-0.05, 0) is 72.1 Å². The molecule has 1 spiro atoms. The van der Waals surface area contributed by atoms with E-state index in [-0.39, 0.29) is 36.0 Å². The zero-order valence-corrected chi connectivity index (χ0v) is 34.6. The number of ether oxygens (including phenoxy) is 3. The molecule has 12 heteroatoms. The fraction of sp³-hybridized carbons (Fsp3) is 0.277. The molecular weight excluding hydrogens is 759 g/mol. The maximum absolute atomic E-state index is 15.6. The lowest BCUT2D eigenvalue weighted by molar-refractivity contribution is -0.146. The lowest BCUT2D eigenvalue weighted by Gasteiger charge is -2.37. The van der Waals surface area contributed by atoms with Crippen LogP contribution in [0.25, 0.3) is 0 Å². The molecule has 0 bridgehead atoms. The number of aliphatic hydroxyl groups excluding tert-OH is 1. The highest BCUT2D eigenvalue weighted by Gasteiger charge is 2.66. The van der Waals surface area contributed by atoms with Crippen molar-refractivity contribution in [3.05, 3.63) is 150 Å². The van der Waals surface area contributed by atoms with Gasteiger partial charge in [-0.3, -0.25) is 19.2 Å². The van der Waals surface area contributed by atoms with Gasteiger partial charge in [-0.25, -0.2) is 0 Å². The standard InChI is InChI=1S/C47H47N5O6Si/c1-31-44(59(3,4)36-21-19-35(56-2)20-22-36)43(24-26-50-30-33(25-27-53)48-49-50)58-47(31)38-28-34(18-23-39(38)51(46(47)55)29-32-12-6-5-7-13-32)52-40-15-9-11-17-42(40)57-41-16-10-8-14-37(41)45(52)54/h5-23,28,30-31,43-44,53H,24-27,29H2,1-4H3/t31-,43+,44-,47+/m0/s1. The number of amides is 2. The van der Waals surface area contributed by atoms with E-state index in [1.54, 1.807) is 28.8 Å². The van der Waals surface area contributed by atoms with Crippen LogP contribution in [0, 0.1) is 5.92 Å². The number of aromatic nitrogens is 3. The van der Waals surface area contributed by atoms with Crippen LogP contribution in [0.5, 0.6) is 17.2 Å². The SMILES string of the molecule is COc1ccc([Si](C)(C)[C@@H]2[C@@H](CCn3cc(CCO)nn3)O[C@]3(C(=O)N(Cc4ccccc4)c4ccc(N5C(=O)c6ccccc6Oc6ccccc65)cc43)[C@H]2C)cc1. The number of carbonyl (C=O) groups is 2. The summed E-state index contributed by atoms with van der Waals surface area (Å²) < 4.78 is 21.2. The first kappa shape index (κ1) is 38.4. The first-order valence-corrected chi connectivity index (χ1v) is 23.2. The van der Waals surface area contributed by atoms with E-state index in [0.717, 1.165) is 28.3 Å². The van der Waals surface area contributed by atoms with Crippen LogP contribution in [-0.2, 0) is 34.6 Å². The number of aryl methyl sites for hydroxylation is 1. The van der Waals surface area contributed by atoms with Crippen LogP contribution in [0.1, 0.15) is 40.5 Å². The van der Waals surface area contributed by atoms with Crippen molar-refractivity contribution in [2.45, 2.75) is 63.2 Å². The Labute approximate surface area is 344 Å². The second-order valence-corrected chi connectivity index (χ2v) is 20.9. The number of fused-ring (bicyclic) bond motifs is 4. The zero-order chi connectivity index (χ0) is 40.9. The van der Waals surface area contributed by atoms with E-state index in [1.807, 2.05) is 108 Å². The molecule has 4 atom stereocenters. The Kier molecular flexibility index (Phi) is 9.94. The average molecular weight is 806 g/mol. The van der Waals surface area contributed by atoms with Crippen molar-refractivity contribution in [2.24, 2.45) is 5.92 Å². The van der Waals surface area contributed by atoms with E-state index in [0.29, 0.717) is 54.4 Å². The molecular formula is C47H47N5O6Si. The van der Waals surface area contributed by atoms with Crippen molar-refractivity contribution in [1.82, 2.24) is 15.0 Å². The maximum atomic E-state index is 15.6. The Hall–Kier alpha value is -6.08. The molecule has 1 saturated heterocycles. The summed E-state index contributed by atoms with van der Waals surface area (Å²) in [5.41, 5.74) is 3.48. The van der Waals surface area contributed by atoms with Gasteiger partial charge in [0, 0.05) is 42.9 Å². The average Bonchev–Trinajstić information content (AvgIpc) is 3.87. The maximum Gasteiger partial charge on any atom is 0.266 e. The van der Waals surface area contributed by atoms with Crippen LogP contribution in [0.2, 0.25) is 18.6 Å². The molecule has 2 amide bonds. The van der Waals surface area contributed by atoms with Gasteiger partial charge in [0.05, 0.1) is 50.5 Å². The van der Waals surface area contributed by atoms with E-state index in [2.05, 4.69) is 42.5 Å². The number of anilines is 3. The number of aliphatic hydroxyl groups is 1. The van der Waals surface area contributed by atoms with Crippen molar-refractivity contribution < 1.29 is 28.9 Å². The molecule has 1 aromatic heterocycles. The monoisotopic (exact) mass is 805 g/mol. The lowest BCUT2D eigenvalue weighted by atomic mass is 9.82. The van der Waals surface area contributed by atoms with Crippen LogP contribution in [0.3, 0.4) is 0 Å². The van der Waals surface area contributed by atoms with Gasteiger partial charge in [0.15, 0.2) is 11.4 Å². The van der Waals surface area contributed by atoms with Gasteiger partial charge in [-0.15, -0.1) is 5.10 Å². The molecule has 0 saturated carbocycles. The third-order valence-corrected chi connectivity index (χ3v) is 16.9. The zero-order valence-electron chi connectivity index (χ0n) is 33.6. The second kappa shape index (κ2) is 15.3. The van der Waals surface area contributed by atoms with Crippen LogP contribution in [0.15, 0.2) is 128 Å². The second-order valence-electron chi connectivity index (χ2n) is 16.2. The Bertz CT molecular complexity index is 2530. The quantitative estimate of drug-likeness (QED) is 0.132. The lowest BCUT2D eigenvalue weighted by Crippen LogP contribution is -2.51. The summed E-state index contributed by atoms with van der Waals surface area (Å²) in [4.78, 5) is 33.8. The number of hydrogen-bond donors (Lipinski definition) is 1. The highest BCUT2D eigenvalue weighted by molar-refractivity contribution is 6.91. The predicted molar refractivity (Wildman–Crippen MR) is 229 cm³/mol. The van der Waals surface area contributed by atoms with E-state index < -0.39 is 13.7 Å². The van der Waals surface area contributed by atoms with Crippen molar-refractivity contribution in [3.8, 4) is 17.2 Å². The summed E-state index contributed by atoms with van der Waals surface area (Å²) in [5.74, 6) is 1.20. The smallest absolute Gasteiger partial charge is 0.266 e. The van der Waals surface area contributed by atoms with Gasteiger partial charge in [0.1, 0.15) is 11.5 Å². The molecule has 3 aliphatic rings. The van der Waals surface area contributed by atoms with E-state index >= 15 is 4.79 Å². The first-order chi connectivity index (χ1) is 28.6. The topological polar surface area (TPSA) is 119 Å². The summed E-state index contributed by atoms with van der Waals surface area (Å²) >= 11 is 0. The largest absolute Gasteiger partial charge is 0.497 e. The fourth-order valence-electron chi connectivity index (χ4n) is 9.64. The van der Waals surface area contributed by atoms with Crippen LogP contribution in [0.4, 0.5) is 17.1 Å². The highest BCUT2D eigenvalue weighted by Crippen LogP contribution is 2.61. The number of methoxy groups -OCH3 is 1. The van der Waals surface area contributed by atoms with E-state index in [9.17, 15) is 9.90 Å². The molecule has 0 radical (unpaired) electrons. The van der Waals surface area contributed by atoms with Crippen molar-refractivity contribution in [1.29, 1.82) is 0 Å². The molecule has 5 aromatic carbocycles. The number of rotatable bonds is 11. The van der Waals surface area contributed by atoms with Gasteiger partial charge in [0.25, 0.3) is 11.8 Å². The molecule has 9 rings (SSSR count). The summed E-state index contributed by atoms with van der Waals surface area (Å²) in [5, 5.41) is 19.4. The number of hydrogen-bond acceptors (Lipinski definition) is 8. The minimum Gasteiger partial charge on any atom is -0.497 e. The van der Waals surface area contributed by atoms with Gasteiger partial charge >= 0.3 is 0 Å². The molecule has 3 aliphatic heterocycles. The molecule has 59 heavy (non-hydrogen) atoms. The Morgan fingerprint density at radius 1 is 0.864 bits per heavy atom. The van der Waals surface area contributed by atoms with Crippen LogP contribution < -0.4 is 24.5 Å². The molecule has 0 aliphatic carbocycles. The summed E-state index contributed by atoms with van der Waals surface area (Å²) in [6.45, 7) is 7.77. The molecule has 6 aromatic rings. The van der Waals surface area contributed by atoms with Gasteiger partial charge in [-0.1, -0.05) is 97.1 Å². The third kappa shape index (κ3) is 6.51. The Morgan fingerprint density at radius 2 is 1.59 bits per heavy atom. The van der Waals surface area contributed by atoms with Gasteiger partial charge < -0.3 is 24.2 Å². The van der Waals surface area contributed by atoms with Gasteiger partial charge in [-0.2, -0.15) is 0 Å². The normalized spacial score (nSPS) is 20.9. The predicted octanol–water partition coefficient (Wildman–Crippen LogP) is 7.76. The van der Waals surface area contributed by atoms with Crippen molar-refractivity contribution in [3.63, 3.8) is 0 Å². The molecule has 0 unspecified atom stereocenters. The summed E-state index contributed by atoms with van der Waals surface area (Å²) in [6, 6.07) is 39.0. The Morgan fingerprint density at radius 3 is 2.36 bits per heavy atom. The number of para-hydroxylation sites is 3. The van der Waals surface area contributed by atoms with Gasteiger partial charge in [0.2, 0.25) is 0 Å². The number of benzene rings is 5. The molecule has 4 heterocycles. The molecule has 11 nitrogen and oxygen atoms in total. The highest BCUT2D eigenvalue weighted by atomic mass is 28.3. The number of carbonyl (C=O) groups excluding carboxylic acids is 2. The minimum absolute atomic E-state index is 0.00861. The van der Waals surface area contributed by atoms with Crippen LogP contribution in [-0.4, -0.2) is 59.8 Å². The van der Waals surface area contributed by atoms with Crippen molar-refractivity contribution in [2.75, 3.05) is 23.5 Å². The van der Waals surface area contributed by atoms with Crippen LogP contribution >= 0.6 is 0 Å². The van der Waals surface area contributed by atoms with E-state index in [4.69, 9.17) is 14.2 Å².